The maximum Gasteiger partial charge on any atom is 0.201 e. The fourth-order valence-electron chi connectivity index (χ4n) is 1.71. The van der Waals surface area contributed by atoms with Crippen LogP contribution < -0.4 is 5.32 Å². The van der Waals surface area contributed by atoms with Gasteiger partial charge in [-0.05, 0) is 23.8 Å². The third kappa shape index (κ3) is 2.75. The van der Waals surface area contributed by atoms with E-state index in [4.69, 9.17) is 7.85 Å². The molecule has 1 aromatic carbocycles. The standard InChI is InChI=1S/C13H11BN2O2/c14-13(18)16-11-4-2-1-3-10(11)12(17)9-5-7-15-8-6-9/h1-8,12,17H,(H,16,18). The summed E-state index contributed by atoms with van der Waals surface area (Å²) in [6.07, 6.45) is 2.36. The molecule has 5 heteroatoms. The van der Waals surface area contributed by atoms with Crippen LogP contribution in [0.2, 0.25) is 0 Å². The molecule has 0 aliphatic carbocycles. The van der Waals surface area contributed by atoms with E-state index in [1.54, 1.807) is 48.8 Å². The van der Waals surface area contributed by atoms with Gasteiger partial charge >= 0.3 is 0 Å². The van der Waals surface area contributed by atoms with Crippen molar-refractivity contribution in [3.05, 3.63) is 59.9 Å². The van der Waals surface area contributed by atoms with Gasteiger partial charge in [-0.15, -0.1) is 0 Å². The van der Waals surface area contributed by atoms with Crippen molar-refractivity contribution in [3.63, 3.8) is 0 Å². The fourth-order valence-corrected chi connectivity index (χ4v) is 1.71. The molecule has 2 rings (SSSR count). The number of hydrogen-bond donors (Lipinski definition) is 2. The van der Waals surface area contributed by atoms with Crippen molar-refractivity contribution in [2.24, 2.45) is 0 Å². The van der Waals surface area contributed by atoms with Crippen LogP contribution >= 0.6 is 0 Å². The Morgan fingerprint density at radius 3 is 2.56 bits per heavy atom. The molecular weight excluding hydrogens is 227 g/mol. The molecule has 1 aromatic heterocycles. The Morgan fingerprint density at radius 2 is 1.89 bits per heavy atom. The van der Waals surface area contributed by atoms with E-state index in [1.807, 2.05) is 0 Å². The van der Waals surface area contributed by atoms with Crippen molar-refractivity contribution in [2.45, 2.75) is 6.10 Å². The summed E-state index contributed by atoms with van der Waals surface area (Å²) >= 11 is 0. The van der Waals surface area contributed by atoms with Gasteiger partial charge in [0.15, 0.2) is 5.81 Å². The highest BCUT2D eigenvalue weighted by Gasteiger charge is 2.14. The summed E-state index contributed by atoms with van der Waals surface area (Å²) < 4.78 is 0. The Hall–Kier alpha value is -2.14. The van der Waals surface area contributed by atoms with Gasteiger partial charge in [0, 0.05) is 23.6 Å². The van der Waals surface area contributed by atoms with Crippen LogP contribution in [0.3, 0.4) is 0 Å². The number of carbonyl (C=O) groups excluding carboxylic acids is 1. The van der Waals surface area contributed by atoms with E-state index in [0.29, 0.717) is 16.8 Å². The van der Waals surface area contributed by atoms with Crippen molar-refractivity contribution < 1.29 is 9.90 Å². The highest BCUT2D eigenvalue weighted by molar-refractivity contribution is 6.60. The monoisotopic (exact) mass is 238 g/mol. The van der Waals surface area contributed by atoms with Crippen molar-refractivity contribution in [3.8, 4) is 0 Å². The third-order valence-electron chi connectivity index (χ3n) is 2.54. The molecule has 4 nitrogen and oxygen atoms in total. The average Bonchev–Trinajstić information content (AvgIpc) is 2.39. The van der Waals surface area contributed by atoms with Gasteiger partial charge in [0.2, 0.25) is 7.85 Å². The second-order valence-corrected chi connectivity index (χ2v) is 3.76. The summed E-state index contributed by atoms with van der Waals surface area (Å²) in [6.45, 7) is 0. The number of nitrogens with one attached hydrogen (secondary N) is 1. The number of amides is 1. The Bertz CT molecular complexity index is 546. The Balaban J connectivity index is 2.36. The van der Waals surface area contributed by atoms with Crippen LogP contribution in [0.25, 0.3) is 0 Å². The molecule has 0 spiro atoms. The normalized spacial score (nSPS) is 11.8. The molecule has 1 unspecified atom stereocenters. The number of aliphatic hydroxyl groups is 1. The number of para-hydroxylation sites is 1. The number of anilines is 1. The first-order valence-corrected chi connectivity index (χ1v) is 5.42. The highest BCUT2D eigenvalue weighted by atomic mass is 16.3. The van der Waals surface area contributed by atoms with Gasteiger partial charge in [-0.1, -0.05) is 18.2 Å². The first kappa shape index (κ1) is 12.3. The zero-order valence-corrected chi connectivity index (χ0v) is 9.58. The van der Waals surface area contributed by atoms with Gasteiger partial charge in [0.05, 0.1) is 0 Å². The van der Waals surface area contributed by atoms with Gasteiger partial charge in [0.25, 0.3) is 0 Å². The molecular formula is C13H11BN2O2. The van der Waals surface area contributed by atoms with Gasteiger partial charge in [0.1, 0.15) is 6.10 Å². The van der Waals surface area contributed by atoms with Crippen molar-refractivity contribution in [1.29, 1.82) is 0 Å². The molecule has 0 aliphatic rings. The highest BCUT2D eigenvalue weighted by Crippen LogP contribution is 2.27. The van der Waals surface area contributed by atoms with Crippen molar-refractivity contribution in [2.75, 3.05) is 5.32 Å². The lowest BCUT2D eigenvalue weighted by Crippen LogP contribution is -2.12. The summed E-state index contributed by atoms with van der Waals surface area (Å²) in [5.41, 5.74) is 1.78. The maximum absolute atomic E-state index is 10.9. The van der Waals surface area contributed by atoms with E-state index < -0.39 is 11.9 Å². The predicted octanol–water partition coefficient (Wildman–Crippen LogP) is 1.86. The van der Waals surface area contributed by atoms with Crippen LogP contribution in [0.1, 0.15) is 17.2 Å². The number of carbonyl (C=O) groups is 1. The van der Waals surface area contributed by atoms with Gasteiger partial charge in [-0.2, -0.15) is 0 Å². The predicted molar refractivity (Wildman–Crippen MR) is 69.5 cm³/mol. The molecule has 1 heterocycles. The van der Waals surface area contributed by atoms with Gasteiger partial charge < -0.3 is 10.4 Å². The quantitative estimate of drug-likeness (QED) is 0.802. The van der Waals surface area contributed by atoms with E-state index >= 15 is 0 Å². The minimum atomic E-state index is -0.837. The lowest BCUT2D eigenvalue weighted by atomic mass is 10.00. The summed E-state index contributed by atoms with van der Waals surface area (Å²) in [7, 11) is 5.09. The molecule has 0 saturated heterocycles. The van der Waals surface area contributed by atoms with E-state index in [1.165, 1.54) is 0 Å². The van der Waals surface area contributed by atoms with Gasteiger partial charge in [-0.3, -0.25) is 9.78 Å². The first-order valence-electron chi connectivity index (χ1n) is 5.42. The smallest absolute Gasteiger partial charge is 0.201 e. The Kier molecular flexibility index (Phi) is 3.74. The molecule has 88 valence electrons. The fraction of sp³-hybridized carbons (Fsp3) is 0.0769. The van der Waals surface area contributed by atoms with Crippen LogP contribution in [0.4, 0.5) is 10.5 Å². The molecule has 0 saturated carbocycles. The number of aromatic nitrogens is 1. The number of rotatable bonds is 3. The zero-order chi connectivity index (χ0) is 13.0. The summed E-state index contributed by atoms with van der Waals surface area (Å²) in [4.78, 5) is 14.8. The summed E-state index contributed by atoms with van der Waals surface area (Å²) in [5.74, 6) is -0.663. The molecule has 0 fully saturated rings. The summed E-state index contributed by atoms with van der Waals surface area (Å²) in [5, 5.41) is 12.8. The first-order chi connectivity index (χ1) is 8.68. The van der Waals surface area contributed by atoms with E-state index in [2.05, 4.69) is 10.3 Å². The van der Waals surface area contributed by atoms with Gasteiger partial charge in [-0.25, -0.2) is 0 Å². The number of nitrogens with zero attached hydrogens (tertiary/aromatic N) is 1. The Morgan fingerprint density at radius 1 is 1.22 bits per heavy atom. The molecule has 1 amide bonds. The average molecular weight is 238 g/mol. The van der Waals surface area contributed by atoms with Crippen molar-refractivity contribution in [1.82, 2.24) is 4.98 Å². The van der Waals surface area contributed by atoms with Crippen molar-refractivity contribution >= 4 is 19.3 Å². The number of hydrogen-bond acceptors (Lipinski definition) is 3. The molecule has 2 radical (unpaired) electrons. The second kappa shape index (κ2) is 5.47. The molecule has 0 aliphatic heterocycles. The number of aliphatic hydroxyl groups excluding tert-OH is 1. The largest absolute Gasteiger partial charge is 0.384 e. The van der Waals surface area contributed by atoms with Crippen LogP contribution in [0, 0.1) is 0 Å². The molecule has 2 N–H and O–H groups in total. The lowest BCUT2D eigenvalue weighted by molar-refractivity contribution is 0.221. The van der Waals surface area contributed by atoms with E-state index in [-0.39, 0.29) is 0 Å². The van der Waals surface area contributed by atoms with Crippen LogP contribution in [0.5, 0.6) is 0 Å². The maximum atomic E-state index is 10.9. The minimum absolute atomic E-state index is 0.495. The minimum Gasteiger partial charge on any atom is -0.384 e. The molecule has 2 aromatic rings. The number of benzene rings is 1. The molecule has 0 bridgehead atoms. The SMILES string of the molecule is [B]C(=O)Nc1ccccc1C(O)c1ccncc1. The topological polar surface area (TPSA) is 62.2 Å². The van der Waals surface area contributed by atoms with Crippen LogP contribution in [-0.4, -0.2) is 23.7 Å². The lowest BCUT2D eigenvalue weighted by Gasteiger charge is -2.16. The Labute approximate surface area is 106 Å². The zero-order valence-electron chi connectivity index (χ0n) is 9.58. The second-order valence-electron chi connectivity index (χ2n) is 3.76. The van der Waals surface area contributed by atoms with E-state index in [9.17, 15) is 9.90 Å². The number of pyridine rings is 1. The van der Waals surface area contributed by atoms with Crippen LogP contribution in [-0.2, 0) is 0 Å². The summed E-state index contributed by atoms with van der Waals surface area (Å²) in [6, 6.07) is 10.4. The van der Waals surface area contributed by atoms with E-state index in [0.717, 1.165) is 0 Å². The van der Waals surface area contributed by atoms with Crippen LogP contribution in [0.15, 0.2) is 48.8 Å². The molecule has 18 heavy (non-hydrogen) atoms. The third-order valence-corrected chi connectivity index (χ3v) is 2.54. The molecule has 1 atom stereocenters.